The highest BCUT2D eigenvalue weighted by atomic mass is 32.2. The van der Waals surface area contributed by atoms with Crippen LogP contribution in [-0.4, -0.2) is 40.7 Å². The Labute approximate surface area is 139 Å². The molecular weight excluding hydrogens is 316 g/mol. The number of hydrogen-bond donors (Lipinski definition) is 2. The SMILES string of the molecule is CSCC(CCO)NC(=O)c1cnc(Cc2ccccc2)s1. The second-order valence-electron chi connectivity index (χ2n) is 4.92. The summed E-state index contributed by atoms with van der Waals surface area (Å²) >= 11 is 3.08. The standard InChI is InChI=1S/C16H20N2O2S2/c1-21-11-13(7-8-19)18-16(20)14-10-17-15(22-14)9-12-5-3-2-4-6-12/h2-6,10,13,19H,7-9,11H2,1H3,(H,18,20). The Morgan fingerprint density at radius 1 is 1.41 bits per heavy atom. The Hall–Kier alpha value is -1.37. The van der Waals surface area contributed by atoms with Crippen molar-refractivity contribution in [2.45, 2.75) is 18.9 Å². The van der Waals surface area contributed by atoms with E-state index in [1.807, 2.05) is 24.5 Å². The van der Waals surface area contributed by atoms with Gasteiger partial charge in [0, 0.05) is 24.8 Å². The summed E-state index contributed by atoms with van der Waals surface area (Å²) in [4.78, 5) is 17.2. The van der Waals surface area contributed by atoms with Crippen molar-refractivity contribution in [3.8, 4) is 0 Å². The maximum Gasteiger partial charge on any atom is 0.263 e. The highest BCUT2D eigenvalue weighted by Gasteiger charge is 2.15. The van der Waals surface area contributed by atoms with Gasteiger partial charge in [0.25, 0.3) is 5.91 Å². The van der Waals surface area contributed by atoms with E-state index in [2.05, 4.69) is 22.4 Å². The predicted octanol–water partition coefficient (Wildman–Crippen LogP) is 2.58. The molecule has 0 radical (unpaired) electrons. The molecule has 1 amide bonds. The van der Waals surface area contributed by atoms with Crippen molar-refractivity contribution >= 4 is 29.0 Å². The molecule has 1 atom stereocenters. The summed E-state index contributed by atoms with van der Waals surface area (Å²) in [5.74, 6) is 0.687. The van der Waals surface area contributed by atoms with Crippen LogP contribution in [0.5, 0.6) is 0 Å². The predicted molar refractivity (Wildman–Crippen MR) is 92.7 cm³/mol. The molecule has 2 N–H and O–H groups in total. The maximum absolute atomic E-state index is 12.2. The average molecular weight is 336 g/mol. The minimum absolute atomic E-state index is 0.00725. The van der Waals surface area contributed by atoms with Crippen LogP contribution in [0.4, 0.5) is 0 Å². The topological polar surface area (TPSA) is 62.2 Å². The van der Waals surface area contributed by atoms with Crippen LogP contribution < -0.4 is 5.32 Å². The Morgan fingerprint density at radius 3 is 2.86 bits per heavy atom. The first kappa shape index (κ1) is 17.0. The van der Waals surface area contributed by atoms with Crippen molar-refractivity contribution in [2.24, 2.45) is 0 Å². The highest BCUT2D eigenvalue weighted by Crippen LogP contribution is 2.17. The normalized spacial score (nSPS) is 12.1. The van der Waals surface area contributed by atoms with Crippen LogP contribution >= 0.6 is 23.1 Å². The number of aliphatic hydroxyl groups excluding tert-OH is 1. The van der Waals surface area contributed by atoms with Gasteiger partial charge in [0.15, 0.2) is 0 Å². The summed E-state index contributed by atoms with van der Waals surface area (Å²) in [5, 5.41) is 12.9. The van der Waals surface area contributed by atoms with E-state index in [0.29, 0.717) is 11.3 Å². The molecule has 2 rings (SSSR count). The molecule has 0 aliphatic carbocycles. The number of amides is 1. The summed E-state index contributed by atoms with van der Waals surface area (Å²) in [5.41, 5.74) is 1.18. The molecule has 0 spiro atoms. The number of hydrogen-bond acceptors (Lipinski definition) is 5. The molecule has 118 valence electrons. The summed E-state index contributed by atoms with van der Waals surface area (Å²) in [6, 6.07) is 10.1. The van der Waals surface area contributed by atoms with E-state index >= 15 is 0 Å². The van der Waals surface area contributed by atoms with Gasteiger partial charge in [-0.1, -0.05) is 30.3 Å². The molecule has 22 heavy (non-hydrogen) atoms. The number of aliphatic hydroxyl groups is 1. The van der Waals surface area contributed by atoms with E-state index < -0.39 is 0 Å². The fourth-order valence-corrected chi connectivity index (χ4v) is 3.59. The molecular formula is C16H20N2O2S2. The number of nitrogens with zero attached hydrogens (tertiary/aromatic N) is 1. The Bertz CT molecular complexity index is 581. The average Bonchev–Trinajstić information content (AvgIpc) is 2.97. The zero-order valence-corrected chi connectivity index (χ0v) is 14.1. The second-order valence-corrected chi connectivity index (χ2v) is 6.94. The molecule has 1 unspecified atom stereocenters. The fourth-order valence-electron chi connectivity index (χ4n) is 2.08. The van der Waals surface area contributed by atoms with Gasteiger partial charge in [0.2, 0.25) is 0 Å². The molecule has 0 saturated carbocycles. The number of rotatable bonds is 8. The minimum Gasteiger partial charge on any atom is -0.396 e. The lowest BCUT2D eigenvalue weighted by Crippen LogP contribution is -2.36. The van der Waals surface area contributed by atoms with Gasteiger partial charge < -0.3 is 10.4 Å². The molecule has 1 aromatic heterocycles. The molecule has 4 nitrogen and oxygen atoms in total. The third kappa shape index (κ3) is 5.12. The van der Waals surface area contributed by atoms with Crippen molar-refractivity contribution < 1.29 is 9.90 Å². The van der Waals surface area contributed by atoms with Gasteiger partial charge in [0.1, 0.15) is 4.88 Å². The third-order valence-corrected chi connectivity index (χ3v) is 4.89. The lowest BCUT2D eigenvalue weighted by molar-refractivity contribution is 0.0939. The van der Waals surface area contributed by atoms with Gasteiger partial charge in [-0.05, 0) is 18.2 Å². The number of benzene rings is 1. The summed E-state index contributed by atoms with van der Waals surface area (Å²) in [7, 11) is 0. The third-order valence-electron chi connectivity index (χ3n) is 3.16. The second kappa shape index (κ2) is 8.92. The van der Waals surface area contributed by atoms with Crippen LogP contribution in [-0.2, 0) is 6.42 Å². The first-order chi connectivity index (χ1) is 10.7. The molecule has 1 aromatic carbocycles. The van der Waals surface area contributed by atoms with Crippen LogP contribution in [0.2, 0.25) is 0 Å². The smallest absolute Gasteiger partial charge is 0.263 e. The number of aromatic nitrogens is 1. The first-order valence-corrected chi connectivity index (χ1v) is 9.33. The van der Waals surface area contributed by atoms with Crippen LogP contribution in [0.3, 0.4) is 0 Å². The van der Waals surface area contributed by atoms with E-state index in [1.54, 1.807) is 18.0 Å². The van der Waals surface area contributed by atoms with Crippen molar-refractivity contribution in [2.75, 3.05) is 18.6 Å². The van der Waals surface area contributed by atoms with Crippen molar-refractivity contribution in [1.82, 2.24) is 10.3 Å². The van der Waals surface area contributed by atoms with E-state index in [0.717, 1.165) is 17.2 Å². The zero-order valence-electron chi connectivity index (χ0n) is 12.5. The number of carbonyl (C=O) groups excluding carboxylic acids is 1. The molecule has 0 aliphatic heterocycles. The van der Waals surface area contributed by atoms with Gasteiger partial charge in [0.05, 0.1) is 11.2 Å². The Balaban J connectivity index is 1.96. The lowest BCUT2D eigenvalue weighted by Gasteiger charge is -2.15. The number of thiazole rings is 1. The molecule has 1 heterocycles. The van der Waals surface area contributed by atoms with Crippen molar-refractivity contribution in [1.29, 1.82) is 0 Å². The van der Waals surface area contributed by atoms with Gasteiger partial charge >= 0.3 is 0 Å². The molecule has 0 saturated heterocycles. The number of nitrogens with one attached hydrogen (secondary N) is 1. The monoisotopic (exact) mass is 336 g/mol. The quantitative estimate of drug-likeness (QED) is 0.778. The summed E-state index contributed by atoms with van der Waals surface area (Å²) in [6.07, 6.45) is 4.93. The number of carbonyl (C=O) groups is 1. The van der Waals surface area contributed by atoms with E-state index in [-0.39, 0.29) is 18.6 Å². The van der Waals surface area contributed by atoms with E-state index in [9.17, 15) is 4.79 Å². The molecule has 6 heteroatoms. The van der Waals surface area contributed by atoms with Crippen molar-refractivity contribution in [3.63, 3.8) is 0 Å². The van der Waals surface area contributed by atoms with Crippen LogP contribution in [0.15, 0.2) is 36.5 Å². The number of thioether (sulfide) groups is 1. The van der Waals surface area contributed by atoms with Crippen molar-refractivity contribution in [3.05, 3.63) is 52.0 Å². The largest absolute Gasteiger partial charge is 0.396 e. The highest BCUT2D eigenvalue weighted by molar-refractivity contribution is 7.98. The molecule has 0 bridgehead atoms. The van der Waals surface area contributed by atoms with Crippen LogP contribution in [0, 0.1) is 0 Å². The van der Waals surface area contributed by atoms with Crippen LogP contribution in [0.1, 0.15) is 26.7 Å². The minimum atomic E-state index is -0.107. The summed E-state index contributed by atoms with van der Waals surface area (Å²) in [6.45, 7) is 0.0768. The van der Waals surface area contributed by atoms with Gasteiger partial charge in [-0.2, -0.15) is 11.8 Å². The van der Waals surface area contributed by atoms with Gasteiger partial charge in [-0.25, -0.2) is 4.98 Å². The lowest BCUT2D eigenvalue weighted by atomic mass is 10.2. The van der Waals surface area contributed by atoms with Crippen LogP contribution in [0.25, 0.3) is 0 Å². The van der Waals surface area contributed by atoms with E-state index in [1.165, 1.54) is 16.9 Å². The first-order valence-electron chi connectivity index (χ1n) is 7.12. The molecule has 2 aromatic rings. The van der Waals surface area contributed by atoms with Gasteiger partial charge in [-0.15, -0.1) is 11.3 Å². The molecule has 0 fully saturated rings. The Morgan fingerprint density at radius 2 is 2.18 bits per heavy atom. The zero-order chi connectivity index (χ0) is 15.8. The van der Waals surface area contributed by atoms with E-state index in [4.69, 9.17) is 5.11 Å². The molecule has 0 aliphatic rings. The maximum atomic E-state index is 12.2. The Kier molecular flexibility index (Phi) is 6.89. The summed E-state index contributed by atoms with van der Waals surface area (Å²) < 4.78 is 0. The van der Waals surface area contributed by atoms with Gasteiger partial charge in [-0.3, -0.25) is 4.79 Å². The fraction of sp³-hybridized carbons (Fsp3) is 0.375.